The fraction of sp³-hybridized carbons (Fsp3) is 0.421. The molecule has 1 heterocycles. The molecule has 1 unspecified atom stereocenters. The van der Waals surface area contributed by atoms with Crippen molar-refractivity contribution >= 4 is 23.1 Å². The fourth-order valence-corrected chi connectivity index (χ4v) is 3.31. The second-order valence-corrected chi connectivity index (χ2v) is 8.04. The van der Waals surface area contributed by atoms with Gasteiger partial charge in [0.05, 0.1) is 11.6 Å². The van der Waals surface area contributed by atoms with Crippen LogP contribution in [0.5, 0.6) is 0 Å². The number of benzene rings is 1. The van der Waals surface area contributed by atoms with E-state index in [4.69, 9.17) is 0 Å². The van der Waals surface area contributed by atoms with Crippen LogP contribution in [-0.4, -0.2) is 21.8 Å². The summed E-state index contributed by atoms with van der Waals surface area (Å²) >= 11 is 1.50. The first-order chi connectivity index (χ1) is 11.2. The molecule has 128 valence electrons. The van der Waals surface area contributed by atoms with Crippen molar-refractivity contribution in [3.63, 3.8) is 0 Å². The maximum Gasteiger partial charge on any atom is 0.307 e. The maximum absolute atomic E-state index is 12.3. The smallest absolute Gasteiger partial charge is 0.307 e. The lowest BCUT2D eigenvalue weighted by Crippen LogP contribution is -2.31. The molecular weight excluding hydrogens is 322 g/mol. The van der Waals surface area contributed by atoms with Gasteiger partial charge in [0.15, 0.2) is 0 Å². The summed E-state index contributed by atoms with van der Waals surface area (Å²) in [6, 6.07) is 8.09. The largest absolute Gasteiger partial charge is 0.481 e. The number of aromatic nitrogens is 1. The number of Topliss-reactive ketones (excluding diaryl/α,β-unsaturated/α-hetero) is 1. The number of carboxylic acids is 1. The van der Waals surface area contributed by atoms with Crippen LogP contribution in [0.1, 0.15) is 38.4 Å². The molecular formula is C19H23NO3S. The summed E-state index contributed by atoms with van der Waals surface area (Å²) in [5.74, 6) is -1.69. The van der Waals surface area contributed by atoms with Gasteiger partial charge in [0.25, 0.3) is 0 Å². The topological polar surface area (TPSA) is 67.3 Å². The second kappa shape index (κ2) is 7.26. The van der Waals surface area contributed by atoms with Crippen LogP contribution in [0, 0.1) is 18.3 Å². The first-order valence-electron chi connectivity index (χ1n) is 7.93. The van der Waals surface area contributed by atoms with Crippen molar-refractivity contribution in [1.82, 2.24) is 4.98 Å². The van der Waals surface area contributed by atoms with Crippen LogP contribution in [-0.2, 0) is 16.0 Å². The zero-order valence-corrected chi connectivity index (χ0v) is 15.3. The lowest BCUT2D eigenvalue weighted by molar-refractivity contribution is -0.147. The first kappa shape index (κ1) is 18.3. The van der Waals surface area contributed by atoms with Crippen molar-refractivity contribution in [3.05, 3.63) is 40.9 Å². The van der Waals surface area contributed by atoms with E-state index in [2.05, 4.69) is 4.98 Å². The molecule has 4 nitrogen and oxygen atoms in total. The molecule has 2 rings (SSSR count). The summed E-state index contributed by atoms with van der Waals surface area (Å²) in [6.45, 7) is 7.57. The third kappa shape index (κ3) is 4.74. The summed E-state index contributed by atoms with van der Waals surface area (Å²) in [4.78, 5) is 28.2. The SMILES string of the molecule is Cc1ccc(-c2nc(CC(=O)CC(C(=O)O)C(C)(C)C)cs2)cc1. The van der Waals surface area contributed by atoms with Gasteiger partial charge in [-0.3, -0.25) is 9.59 Å². The third-order valence-corrected chi connectivity index (χ3v) is 4.94. The lowest BCUT2D eigenvalue weighted by atomic mass is 9.77. The Hall–Kier alpha value is -2.01. The van der Waals surface area contributed by atoms with Gasteiger partial charge in [0.1, 0.15) is 10.8 Å². The molecule has 1 aromatic carbocycles. The number of thiazole rings is 1. The molecule has 1 aromatic heterocycles. The van der Waals surface area contributed by atoms with E-state index in [1.807, 2.05) is 57.3 Å². The molecule has 0 spiro atoms. The maximum atomic E-state index is 12.3. The number of nitrogens with zero attached hydrogens (tertiary/aromatic N) is 1. The predicted molar refractivity (Wildman–Crippen MR) is 96.2 cm³/mol. The summed E-state index contributed by atoms with van der Waals surface area (Å²) < 4.78 is 0. The normalized spacial score (nSPS) is 12.8. The summed E-state index contributed by atoms with van der Waals surface area (Å²) in [5, 5.41) is 12.1. The monoisotopic (exact) mass is 345 g/mol. The van der Waals surface area contributed by atoms with Crippen molar-refractivity contribution in [1.29, 1.82) is 0 Å². The van der Waals surface area contributed by atoms with Gasteiger partial charge in [-0.15, -0.1) is 11.3 Å². The van der Waals surface area contributed by atoms with Gasteiger partial charge >= 0.3 is 5.97 Å². The molecule has 0 fully saturated rings. The Morgan fingerprint density at radius 1 is 1.21 bits per heavy atom. The highest BCUT2D eigenvalue weighted by atomic mass is 32.1. The van der Waals surface area contributed by atoms with E-state index < -0.39 is 17.3 Å². The Labute approximate surface area is 146 Å². The number of carboxylic acid groups (broad SMARTS) is 1. The van der Waals surface area contributed by atoms with Crippen LogP contribution in [0.4, 0.5) is 0 Å². The number of ketones is 1. The molecule has 0 aliphatic heterocycles. The van der Waals surface area contributed by atoms with E-state index in [1.165, 1.54) is 16.9 Å². The molecule has 0 aliphatic rings. The highest BCUT2D eigenvalue weighted by Gasteiger charge is 2.33. The summed E-state index contributed by atoms with van der Waals surface area (Å²) in [7, 11) is 0. The molecule has 0 saturated carbocycles. The minimum absolute atomic E-state index is 0.0379. The van der Waals surface area contributed by atoms with Gasteiger partial charge < -0.3 is 5.11 Å². The number of carbonyl (C=O) groups excluding carboxylic acids is 1. The van der Waals surface area contributed by atoms with Crippen molar-refractivity contribution in [2.45, 2.75) is 40.5 Å². The van der Waals surface area contributed by atoms with Crippen molar-refractivity contribution in [2.75, 3.05) is 0 Å². The Morgan fingerprint density at radius 2 is 1.83 bits per heavy atom. The molecule has 0 bridgehead atoms. The Kier molecular flexibility index (Phi) is 5.54. The average Bonchev–Trinajstić information content (AvgIpc) is 2.92. The minimum atomic E-state index is -0.922. The van der Waals surface area contributed by atoms with Crippen LogP contribution in [0.15, 0.2) is 29.6 Å². The van der Waals surface area contributed by atoms with Gasteiger partial charge in [0, 0.05) is 23.8 Å². The van der Waals surface area contributed by atoms with Crippen LogP contribution < -0.4 is 0 Å². The number of hydrogen-bond donors (Lipinski definition) is 1. The number of hydrogen-bond acceptors (Lipinski definition) is 4. The minimum Gasteiger partial charge on any atom is -0.481 e. The number of rotatable bonds is 6. The predicted octanol–water partition coefficient (Wildman–Crippen LogP) is 4.37. The average molecular weight is 345 g/mol. The van der Waals surface area contributed by atoms with Crippen molar-refractivity contribution < 1.29 is 14.7 Å². The zero-order chi connectivity index (χ0) is 17.9. The van der Waals surface area contributed by atoms with Crippen LogP contribution in [0.2, 0.25) is 0 Å². The van der Waals surface area contributed by atoms with Gasteiger partial charge in [0.2, 0.25) is 0 Å². The van der Waals surface area contributed by atoms with Crippen molar-refractivity contribution in [2.24, 2.45) is 11.3 Å². The molecule has 0 amide bonds. The van der Waals surface area contributed by atoms with E-state index in [1.54, 1.807) is 0 Å². The number of aryl methyl sites for hydroxylation is 1. The number of carbonyl (C=O) groups is 2. The molecule has 0 aliphatic carbocycles. The van der Waals surface area contributed by atoms with Gasteiger partial charge in [-0.05, 0) is 12.3 Å². The second-order valence-electron chi connectivity index (χ2n) is 7.19. The quantitative estimate of drug-likeness (QED) is 0.844. The third-order valence-electron chi connectivity index (χ3n) is 4.00. The van der Waals surface area contributed by atoms with E-state index >= 15 is 0 Å². The van der Waals surface area contributed by atoms with E-state index in [0.29, 0.717) is 5.69 Å². The van der Waals surface area contributed by atoms with Gasteiger partial charge in [-0.2, -0.15) is 0 Å². The van der Waals surface area contributed by atoms with Crippen molar-refractivity contribution in [3.8, 4) is 10.6 Å². The lowest BCUT2D eigenvalue weighted by Gasteiger charge is -2.26. The Balaban J connectivity index is 2.05. The number of aliphatic carboxylic acids is 1. The molecule has 0 radical (unpaired) electrons. The van der Waals surface area contributed by atoms with E-state index in [9.17, 15) is 14.7 Å². The molecule has 1 N–H and O–H groups in total. The molecule has 2 aromatic rings. The molecule has 0 saturated heterocycles. The highest BCUT2D eigenvalue weighted by molar-refractivity contribution is 7.13. The molecule has 5 heteroatoms. The fourth-order valence-electron chi connectivity index (χ4n) is 2.48. The van der Waals surface area contributed by atoms with Gasteiger partial charge in [-0.25, -0.2) is 4.98 Å². The Bertz CT molecular complexity index is 726. The zero-order valence-electron chi connectivity index (χ0n) is 14.5. The van der Waals surface area contributed by atoms with E-state index in [-0.39, 0.29) is 18.6 Å². The summed E-state index contributed by atoms with van der Waals surface area (Å²) in [5.41, 5.74) is 2.48. The summed E-state index contributed by atoms with van der Waals surface area (Å²) in [6.07, 6.45) is 0.221. The van der Waals surface area contributed by atoms with Crippen LogP contribution in [0.3, 0.4) is 0 Å². The highest BCUT2D eigenvalue weighted by Crippen LogP contribution is 2.30. The molecule has 24 heavy (non-hydrogen) atoms. The molecule has 1 atom stereocenters. The standard InChI is InChI=1S/C19H23NO3S/c1-12-5-7-13(8-6-12)17-20-14(11-24-17)9-15(21)10-16(18(22)23)19(2,3)4/h5-8,11,16H,9-10H2,1-4H3,(H,22,23). The Morgan fingerprint density at radius 3 is 2.38 bits per heavy atom. The van der Waals surface area contributed by atoms with E-state index in [0.717, 1.165) is 10.6 Å². The van der Waals surface area contributed by atoms with Crippen LogP contribution in [0.25, 0.3) is 10.6 Å². The first-order valence-corrected chi connectivity index (χ1v) is 8.80. The van der Waals surface area contributed by atoms with Crippen LogP contribution >= 0.6 is 11.3 Å². The van der Waals surface area contributed by atoms with Gasteiger partial charge in [-0.1, -0.05) is 50.6 Å².